The molecule has 0 N–H and O–H groups in total. The van der Waals surface area contributed by atoms with E-state index in [0.29, 0.717) is 31.9 Å². The van der Waals surface area contributed by atoms with E-state index in [-0.39, 0.29) is 11.8 Å². The average molecular weight is 415 g/mol. The molecule has 146 valence electrons. The van der Waals surface area contributed by atoms with Crippen LogP contribution < -0.4 is 0 Å². The number of fused-ring (bicyclic) bond motifs is 3. The number of carbonyl (C=O) groups is 2. The summed E-state index contributed by atoms with van der Waals surface area (Å²) in [4.78, 5) is 32.7. The molecule has 3 aliphatic rings. The Labute approximate surface area is 172 Å². The summed E-state index contributed by atoms with van der Waals surface area (Å²) in [6.07, 6.45) is 8.59. The fourth-order valence-corrected chi connectivity index (χ4v) is 6.79. The molecule has 7 heteroatoms. The molecular weight excluding hydrogens is 392 g/mol. The second kappa shape index (κ2) is 7.44. The van der Waals surface area contributed by atoms with Crippen LogP contribution in [0.3, 0.4) is 0 Å². The predicted molar refractivity (Wildman–Crippen MR) is 111 cm³/mol. The monoisotopic (exact) mass is 414 g/mol. The van der Waals surface area contributed by atoms with Gasteiger partial charge in [0, 0.05) is 41.7 Å². The van der Waals surface area contributed by atoms with Crippen LogP contribution in [0.2, 0.25) is 0 Å². The van der Waals surface area contributed by atoms with Crippen LogP contribution in [0, 0.1) is 0 Å². The maximum Gasteiger partial charge on any atom is 0.289 e. The molecule has 0 radical (unpaired) electrons. The molecule has 0 spiro atoms. The maximum absolute atomic E-state index is 13.0. The zero-order valence-corrected chi connectivity index (χ0v) is 17.2. The van der Waals surface area contributed by atoms with E-state index < -0.39 is 0 Å². The van der Waals surface area contributed by atoms with Crippen molar-refractivity contribution in [3.63, 3.8) is 0 Å². The Morgan fingerprint density at radius 3 is 2.46 bits per heavy atom. The lowest BCUT2D eigenvalue weighted by molar-refractivity contribution is -0.127. The first-order chi connectivity index (χ1) is 13.7. The van der Waals surface area contributed by atoms with E-state index >= 15 is 0 Å². The predicted octanol–water partition coefficient (Wildman–Crippen LogP) is 3.79. The van der Waals surface area contributed by atoms with Crippen molar-refractivity contribution in [3.05, 3.63) is 49.9 Å². The van der Waals surface area contributed by atoms with Gasteiger partial charge in [0.15, 0.2) is 5.76 Å². The minimum absolute atomic E-state index is 0.0998. The van der Waals surface area contributed by atoms with E-state index in [2.05, 4.69) is 6.08 Å². The number of hydrogen-bond donors (Lipinski definition) is 0. The molecule has 5 rings (SSSR count). The number of aryl methyl sites for hydroxylation is 1. The summed E-state index contributed by atoms with van der Waals surface area (Å²) >= 11 is 3.56. The fourth-order valence-electron chi connectivity index (χ4n) is 4.19. The number of thiophene rings is 1. The third-order valence-corrected chi connectivity index (χ3v) is 8.06. The first-order valence-electron chi connectivity index (χ1n) is 9.80. The van der Waals surface area contributed by atoms with Gasteiger partial charge in [-0.3, -0.25) is 9.59 Å². The quantitative estimate of drug-likeness (QED) is 0.750. The van der Waals surface area contributed by atoms with Crippen molar-refractivity contribution in [2.24, 2.45) is 0 Å². The molecule has 1 fully saturated rings. The topological polar surface area (TPSA) is 53.8 Å². The first kappa shape index (κ1) is 18.1. The number of rotatable bonds is 2. The molecular formula is C21H22N2O3S2. The van der Waals surface area contributed by atoms with Gasteiger partial charge >= 0.3 is 0 Å². The molecule has 2 aromatic rings. The van der Waals surface area contributed by atoms with Crippen LogP contribution in [-0.2, 0) is 23.4 Å². The van der Waals surface area contributed by atoms with E-state index in [0.717, 1.165) is 10.7 Å². The summed E-state index contributed by atoms with van der Waals surface area (Å²) in [5.74, 6) is 1.28. The molecule has 28 heavy (non-hydrogen) atoms. The van der Waals surface area contributed by atoms with E-state index in [1.165, 1.54) is 47.3 Å². The summed E-state index contributed by atoms with van der Waals surface area (Å²) in [5, 5.41) is 0. The highest BCUT2D eigenvalue weighted by Gasteiger charge is 2.30. The van der Waals surface area contributed by atoms with Gasteiger partial charge < -0.3 is 14.2 Å². The van der Waals surface area contributed by atoms with E-state index in [1.54, 1.807) is 34.4 Å². The third-order valence-electron chi connectivity index (χ3n) is 5.74. The van der Waals surface area contributed by atoms with Gasteiger partial charge in [-0.2, -0.15) is 0 Å². The summed E-state index contributed by atoms with van der Waals surface area (Å²) in [5.41, 5.74) is 3.03. The number of piperazine rings is 1. The molecule has 2 amide bonds. The van der Waals surface area contributed by atoms with Crippen molar-refractivity contribution in [1.29, 1.82) is 0 Å². The Morgan fingerprint density at radius 1 is 0.964 bits per heavy atom. The Morgan fingerprint density at radius 2 is 1.71 bits per heavy atom. The Hall–Kier alpha value is -1.99. The number of nitrogens with zero attached hydrogens (tertiary/aromatic N) is 2. The molecule has 5 nitrogen and oxygen atoms in total. The normalized spacial score (nSPS) is 19.1. The van der Waals surface area contributed by atoms with Crippen molar-refractivity contribution in [3.8, 4) is 0 Å². The summed E-state index contributed by atoms with van der Waals surface area (Å²) in [6, 6.07) is 3.40. The highest BCUT2D eigenvalue weighted by Crippen LogP contribution is 2.43. The van der Waals surface area contributed by atoms with Crippen molar-refractivity contribution in [2.75, 3.05) is 26.2 Å². The van der Waals surface area contributed by atoms with Crippen LogP contribution in [0.25, 0.3) is 6.08 Å². The van der Waals surface area contributed by atoms with Gasteiger partial charge in [0.2, 0.25) is 0 Å². The second-order valence-corrected chi connectivity index (χ2v) is 9.57. The van der Waals surface area contributed by atoms with E-state index in [4.69, 9.17) is 4.42 Å². The first-order valence-corrected chi connectivity index (χ1v) is 11.6. The van der Waals surface area contributed by atoms with Crippen molar-refractivity contribution < 1.29 is 14.0 Å². The summed E-state index contributed by atoms with van der Waals surface area (Å²) < 4.78 is 5.20. The number of carbonyl (C=O) groups excluding carboxylic acids is 2. The lowest BCUT2D eigenvalue weighted by Crippen LogP contribution is -2.50. The van der Waals surface area contributed by atoms with Gasteiger partial charge in [-0.05, 0) is 55.0 Å². The minimum Gasteiger partial charge on any atom is -0.459 e. The number of amides is 2. The highest BCUT2D eigenvalue weighted by molar-refractivity contribution is 8.03. The molecule has 0 saturated carbocycles. The molecule has 0 aromatic carbocycles. The molecule has 0 bridgehead atoms. The molecule has 4 heterocycles. The molecule has 0 unspecified atom stereocenters. The molecule has 2 aliphatic heterocycles. The zero-order valence-electron chi connectivity index (χ0n) is 15.6. The number of thioether (sulfide) groups is 1. The molecule has 0 atom stereocenters. The van der Waals surface area contributed by atoms with Crippen molar-refractivity contribution in [1.82, 2.24) is 9.80 Å². The SMILES string of the molecule is O=C(C1=Cc2sc3c(c2CS1)CCCC3)N1CCN(C(=O)c2ccco2)CC1. The van der Waals surface area contributed by atoms with E-state index in [9.17, 15) is 9.59 Å². The fraction of sp³-hybridized carbons (Fsp3) is 0.429. The maximum atomic E-state index is 13.0. The van der Waals surface area contributed by atoms with Crippen LogP contribution in [0.4, 0.5) is 0 Å². The molecule has 1 saturated heterocycles. The Bertz CT molecular complexity index is 937. The van der Waals surface area contributed by atoms with Gasteiger partial charge in [-0.15, -0.1) is 23.1 Å². The largest absolute Gasteiger partial charge is 0.459 e. The van der Waals surface area contributed by atoms with Gasteiger partial charge in [0.1, 0.15) is 0 Å². The van der Waals surface area contributed by atoms with Gasteiger partial charge in [0.25, 0.3) is 11.8 Å². The smallest absolute Gasteiger partial charge is 0.289 e. The van der Waals surface area contributed by atoms with Crippen LogP contribution >= 0.6 is 23.1 Å². The van der Waals surface area contributed by atoms with Crippen LogP contribution in [-0.4, -0.2) is 47.8 Å². The summed E-state index contributed by atoms with van der Waals surface area (Å²) in [6.45, 7) is 2.22. The van der Waals surface area contributed by atoms with Gasteiger partial charge in [0.05, 0.1) is 11.2 Å². The van der Waals surface area contributed by atoms with Gasteiger partial charge in [-0.1, -0.05) is 0 Å². The second-order valence-electron chi connectivity index (χ2n) is 7.41. The van der Waals surface area contributed by atoms with Crippen LogP contribution in [0.5, 0.6) is 0 Å². The zero-order chi connectivity index (χ0) is 19.1. The molecule has 1 aliphatic carbocycles. The van der Waals surface area contributed by atoms with Crippen LogP contribution in [0.1, 0.15) is 44.3 Å². The van der Waals surface area contributed by atoms with Crippen molar-refractivity contribution in [2.45, 2.75) is 31.4 Å². The van der Waals surface area contributed by atoms with Crippen LogP contribution in [0.15, 0.2) is 27.7 Å². The average Bonchev–Trinajstić information content (AvgIpc) is 3.40. The standard InChI is InChI=1S/C21H22N2O3S2/c24-20(16-5-3-11-26-16)22-7-9-23(10-8-22)21(25)19-12-18-15(13-27-19)14-4-1-2-6-17(14)28-18/h3,5,11-12H,1-2,4,6-10,13H2. The summed E-state index contributed by atoms with van der Waals surface area (Å²) in [7, 11) is 0. The highest BCUT2D eigenvalue weighted by atomic mass is 32.2. The molecule has 2 aromatic heterocycles. The lowest BCUT2D eigenvalue weighted by atomic mass is 9.95. The van der Waals surface area contributed by atoms with Gasteiger partial charge in [-0.25, -0.2) is 0 Å². The van der Waals surface area contributed by atoms with Crippen molar-refractivity contribution >= 4 is 41.0 Å². The number of hydrogen-bond acceptors (Lipinski definition) is 5. The Kier molecular flexibility index (Phi) is 4.80. The minimum atomic E-state index is -0.0998. The Balaban J connectivity index is 1.26. The number of furan rings is 1. The third kappa shape index (κ3) is 3.20. The lowest BCUT2D eigenvalue weighted by Gasteiger charge is -2.35. The van der Waals surface area contributed by atoms with E-state index in [1.807, 2.05) is 16.2 Å².